The molecule has 234 valence electrons. The summed E-state index contributed by atoms with van der Waals surface area (Å²) in [5, 5.41) is 11.6. The van der Waals surface area contributed by atoms with Gasteiger partial charge in [0.15, 0.2) is 6.61 Å². The third-order valence-corrected chi connectivity index (χ3v) is 8.81. The van der Waals surface area contributed by atoms with Crippen molar-refractivity contribution in [2.24, 2.45) is 0 Å². The topological polar surface area (TPSA) is 101 Å². The Morgan fingerprint density at radius 2 is 1.76 bits per heavy atom. The maximum Gasteiger partial charge on any atom is 0.260 e. The number of hydrogen-bond acceptors (Lipinski definition) is 7. The molecule has 4 aromatic rings. The molecule has 9 nitrogen and oxygen atoms in total. The Morgan fingerprint density at radius 3 is 2.47 bits per heavy atom. The van der Waals surface area contributed by atoms with Gasteiger partial charge < -0.3 is 20.3 Å². The second-order valence-electron chi connectivity index (χ2n) is 10.7. The molecule has 1 atom stereocenters. The minimum Gasteiger partial charge on any atom is -0.484 e. The van der Waals surface area contributed by atoms with E-state index >= 15 is 0 Å². The number of aryl methyl sites for hydroxylation is 1. The molecule has 11 heteroatoms. The fourth-order valence-corrected chi connectivity index (χ4v) is 6.00. The Labute approximate surface area is 266 Å². The first-order chi connectivity index (χ1) is 21.7. The van der Waals surface area contributed by atoms with E-state index in [4.69, 9.17) is 9.84 Å². The smallest absolute Gasteiger partial charge is 0.260 e. The predicted molar refractivity (Wildman–Crippen MR) is 175 cm³/mol. The molecular weight excluding hydrogens is 591 g/mol. The molecule has 1 aromatic heterocycles. The number of benzene rings is 3. The SMILES string of the molecule is CCN(CC)C(=O)COc1ccc(C2C(C(=O)Nc3cccc(C)c3C)=C(C)Nc3nc(SCc4ccccc4F)nn32)cc1. The summed E-state index contributed by atoms with van der Waals surface area (Å²) in [5.41, 5.74) is 5.23. The number of likely N-dealkylation sites (N-methyl/N-ethyl adjacent to an activating group) is 1. The van der Waals surface area contributed by atoms with Gasteiger partial charge in [-0.15, -0.1) is 5.10 Å². The van der Waals surface area contributed by atoms with Crippen LogP contribution in [0.2, 0.25) is 0 Å². The summed E-state index contributed by atoms with van der Waals surface area (Å²) >= 11 is 1.32. The van der Waals surface area contributed by atoms with E-state index < -0.39 is 6.04 Å². The Morgan fingerprint density at radius 1 is 1.02 bits per heavy atom. The minimum absolute atomic E-state index is 0.0628. The highest BCUT2D eigenvalue weighted by Gasteiger charge is 2.34. The number of nitrogens with zero attached hydrogens (tertiary/aromatic N) is 4. The van der Waals surface area contributed by atoms with Crippen LogP contribution in [0.3, 0.4) is 0 Å². The molecule has 0 saturated heterocycles. The van der Waals surface area contributed by atoms with Crippen molar-refractivity contribution in [3.05, 3.63) is 106 Å². The molecule has 3 aromatic carbocycles. The number of anilines is 2. The van der Waals surface area contributed by atoms with E-state index in [0.29, 0.717) is 52.5 Å². The fourth-order valence-electron chi connectivity index (χ4n) is 5.19. The first-order valence-electron chi connectivity index (χ1n) is 14.9. The van der Waals surface area contributed by atoms with Gasteiger partial charge in [0.05, 0.1) is 5.57 Å². The molecule has 0 bridgehead atoms. The number of aromatic nitrogens is 3. The second-order valence-corrected chi connectivity index (χ2v) is 11.7. The maximum atomic E-state index is 14.3. The number of halogens is 1. The van der Waals surface area contributed by atoms with E-state index in [-0.39, 0.29) is 24.2 Å². The van der Waals surface area contributed by atoms with E-state index in [1.165, 1.54) is 17.8 Å². The van der Waals surface area contributed by atoms with Crippen molar-refractivity contribution in [1.82, 2.24) is 19.7 Å². The first-order valence-corrected chi connectivity index (χ1v) is 15.9. The zero-order valence-electron chi connectivity index (χ0n) is 26.1. The van der Waals surface area contributed by atoms with Gasteiger partial charge in [-0.1, -0.05) is 54.2 Å². The van der Waals surface area contributed by atoms with Gasteiger partial charge in [0.2, 0.25) is 11.1 Å². The van der Waals surface area contributed by atoms with Crippen molar-refractivity contribution in [2.75, 3.05) is 30.3 Å². The van der Waals surface area contributed by atoms with Gasteiger partial charge in [0.25, 0.3) is 11.8 Å². The van der Waals surface area contributed by atoms with Gasteiger partial charge in [-0.3, -0.25) is 9.59 Å². The zero-order chi connectivity index (χ0) is 32.1. The van der Waals surface area contributed by atoms with Crippen molar-refractivity contribution < 1.29 is 18.7 Å². The van der Waals surface area contributed by atoms with Gasteiger partial charge in [-0.2, -0.15) is 4.98 Å². The van der Waals surface area contributed by atoms with Gasteiger partial charge in [-0.25, -0.2) is 9.07 Å². The Kier molecular flexibility index (Phi) is 9.87. The lowest BCUT2D eigenvalue weighted by Gasteiger charge is -2.29. The number of fused-ring (bicyclic) bond motifs is 1. The number of nitrogens with one attached hydrogen (secondary N) is 2. The maximum absolute atomic E-state index is 14.3. The van der Waals surface area contributed by atoms with Crippen LogP contribution in [-0.4, -0.2) is 51.2 Å². The number of carbonyl (C=O) groups is 2. The highest BCUT2D eigenvalue weighted by molar-refractivity contribution is 7.98. The van der Waals surface area contributed by atoms with Gasteiger partial charge in [0.1, 0.15) is 17.6 Å². The van der Waals surface area contributed by atoms with Crippen molar-refractivity contribution in [3.8, 4) is 5.75 Å². The Balaban J connectivity index is 1.45. The fraction of sp³-hybridized carbons (Fsp3) is 0.294. The molecular formula is C34H37FN6O3S. The van der Waals surface area contributed by atoms with Crippen LogP contribution in [0.15, 0.2) is 83.2 Å². The molecule has 2 amide bonds. The van der Waals surface area contributed by atoms with Crippen molar-refractivity contribution in [2.45, 2.75) is 51.6 Å². The molecule has 2 N–H and O–H groups in total. The average molecular weight is 629 g/mol. The molecule has 45 heavy (non-hydrogen) atoms. The molecule has 0 aliphatic carbocycles. The number of allylic oxidation sites excluding steroid dienone is 1. The zero-order valence-corrected chi connectivity index (χ0v) is 26.9. The monoisotopic (exact) mass is 628 g/mol. The highest BCUT2D eigenvalue weighted by Crippen LogP contribution is 2.38. The van der Waals surface area contributed by atoms with Crippen LogP contribution >= 0.6 is 11.8 Å². The van der Waals surface area contributed by atoms with Crippen LogP contribution in [-0.2, 0) is 15.3 Å². The van der Waals surface area contributed by atoms with Crippen molar-refractivity contribution in [3.63, 3.8) is 0 Å². The van der Waals surface area contributed by atoms with E-state index in [0.717, 1.165) is 22.4 Å². The van der Waals surface area contributed by atoms with Crippen LogP contribution in [0.25, 0.3) is 0 Å². The normalized spacial score (nSPS) is 14.0. The van der Waals surface area contributed by atoms with Crippen LogP contribution < -0.4 is 15.4 Å². The number of hydrogen-bond donors (Lipinski definition) is 2. The standard InChI is InChI=1S/C34H37FN6O3S/c1-6-40(7-2)29(42)19-44-26-17-15-24(16-18-26)31-30(32(43)37-28-14-10-11-21(3)22(28)4)23(5)36-33-38-34(39-41(31)33)45-20-25-12-8-9-13-27(25)35/h8-18,31H,6-7,19-20H2,1-5H3,(H,37,43)(H,36,38,39). The summed E-state index contributed by atoms with van der Waals surface area (Å²) in [5.74, 6) is 0.724. The van der Waals surface area contributed by atoms with Gasteiger partial charge in [0, 0.05) is 30.2 Å². The van der Waals surface area contributed by atoms with E-state index in [1.54, 1.807) is 39.9 Å². The summed E-state index contributed by atoms with van der Waals surface area (Å²) in [7, 11) is 0. The molecule has 5 rings (SSSR count). The summed E-state index contributed by atoms with van der Waals surface area (Å²) in [6, 6.07) is 19.1. The first kappa shape index (κ1) is 31.8. The Bertz CT molecular complexity index is 1730. The van der Waals surface area contributed by atoms with Crippen molar-refractivity contribution >= 4 is 35.2 Å². The minimum atomic E-state index is -0.618. The van der Waals surface area contributed by atoms with Gasteiger partial charge in [-0.05, 0) is 81.1 Å². The van der Waals surface area contributed by atoms with E-state index in [9.17, 15) is 14.0 Å². The Hall–Kier alpha value is -4.64. The second kappa shape index (κ2) is 14.0. The lowest BCUT2D eigenvalue weighted by Crippen LogP contribution is -2.34. The summed E-state index contributed by atoms with van der Waals surface area (Å²) in [6.07, 6.45) is 0. The largest absolute Gasteiger partial charge is 0.484 e. The summed E-state index contributed by atoms with van der Waals surface area (Å²) < 4.78 is 21.8. The lowest BCUT2D eigenvalue weighted by molar-refractivity contribution is -0.133. The van der Waals surface area contributed by atoms with E-state index in [1.807, 2.05) is 65.0 Å². The van der Waals surface area contributed by atoms with Crippen LogP contribution in [0, 0.1) is 19.7 Å². The molecule has 0 radical (unpaired) electrons. The number of amides is 2. The quantitative estimate of drug-likeness (QED) is 0.183. The third-order valence-electron chi connectivity index (χ3n) is 7.92. The molecule has 1 aliphatic rings. The third kappa shape index (κ3) is 7.04. The number of carbonyl (C=O) groups excluding carboxylic acids is 2. The van der Waals surface area contributed by atoms with Crippen LogP contribution in [0.5, 0.6) is 5.75 Å². The lowest BCUT2D eigenvalue weighted by atomic mass is 9.94. The molecule has 0 fully saturated rings. The van der Waals surface area contributed by atoms with E-state index in [2.05, 4.69) is 15.6 Å². The molecule has 0 spiro atoms. The number of rotatable bonds is 11. The van der Waals surface area contributed by atoms with Crippen LogP contribution in [0.4, 0.5) is 16.0 Å². The van der Waals surface area contributed by atoms with Crippen LogP contribution in [0.1, 0.15) is 49.1 Å². The van der Waals surface area contributed by atoms with Crippen molar-refractivity contribution in [1.29, 1.82) is 0 Å². The highest BCUT2D eigenvalue weighted by atomic mass is 32.2. The molecule has 1 aliphatic heterocycles. The molecule has 0 saturated carbocycles. The molecule has 1 unspecified atom stereocenters. The average Bonchev–Trinajstić information content (AvgIpc) is 3.44. The number of thioether (sulfide) groups is 1. The van der Waals surface area contributed by atoms with Gasteiger partial charge >= 0.3 is 0 Å². The summed E-state index contributed by atoms with van der Waals surface area (Å²) in [6.45, 7) is 10.9. The summed E-state index contributed by atoms with van der Waals surface area (Å²) in [4.78, 5) is 32.8. The predicted octanol–water partition coefficient (Wildman–Crippen LogP) is 6.50. The number of ether oxygens (including phenoxy) is 1. The molecule has 2 heterocycles.